The van der Waals surface area contributed by atoms with Gasteiger partial charge in [0.15, 0.2) is 0 Å². The van der Waals surface area contributed by atoms with Crippen LogP contribution in [-0.4, -0.2) is 46.7 Å². The molecule has 4 heterocycles. The van der Waals surface area contributed by atoms with Crippen molar-refractivity contribution >= 4 is 23.4 Å². The fourth-order valence-electron chi connectivity index (χ4n) is 6.83. The molecule has 1 N–H and O–H groups in total. The van der Waals surface area contributed by atoms with E-state index in [1.54, 1.807) is 0 Å². The number of benzene rings is 2. The summed E-state index contributed by atoms with van der Waals surface area (Å²) < 4.78 is 0. The van der Waals surface area contributed by atoms with Crippen LogP contribution < -0.4 is 5.32 Å². The average molecular weight is 430 g/mol. The normalized spacial score (nSPS) is 30.8. The van der Waals surface area contributed by atoms with Gasteiger partial charge in [-0.3, -0.25) is 24.2 Å². The molecule has 0 aromatic heterocycles. The van der Waals surface area contributed by atoms with Crippen molar-refractivity contribution < 1.29 is 14.4 Å². The Kier molecular flexibility index (Phi) is 4.15. The van der Waals surface area contributed by atoms with Crippen molar-refractivity contribution in [3.63, 3.8) is 0 Å². The summed E-state index contributed by atoms with van der Waals surface area (Å²) in [4.78, 5) is 44.8. The number of amides is 3. The van der Waals surface area contributed by atoms with Crippen LogP contribution >= 0.6 is 0 Å². The van der Waals surface area contributed by atoms with Gasteiger partial charge in [0.05, 0.1) is 11.8 Å². The molecule has 4 aliphatic heterocycles. The van der Waals surface area contributed by atoms with Crippen LogP contribution in [0.1, 0.15) is 35.1 Å². The number of rotatable bonds is 3. The zero-order valence-electron chi connectivity index (χ0n) is 18.4. The summed E-state index contributed by atoms with van der Waals surface area (Å²) in [7, 11) is 0. The Balaban J connectivity index is 1.44. The third kappa shape index (κ3) is 2.36. The summed E-state index contributed by atoms with van der Waals surface area (Å²) in [6, 6.07) is 14.0. The number of carbonyl (C=O) groups excluding carboxylic acids is 3. The molecule has 0 aliphatic carbocycles. The van der Waals surface area contributed by atoms with Gasteiger partial charge < -0.3 is 5.32 Å². The molecule has 2 aromatic carbocycles. The molecule has 0 bridgehead atoms. The number of carbonyl (C=O) groups is 3. The van der Waals surface area contributed by atoms with Crippen LogP contribution in [0.15, 0.2) is 42.5 Å². The highest BCUT2D eigenvalue weighted by molar-refractivity contribution is 6.15. The van der Waals surface area contributed by atoms with E-state index in [1.807, 2.05) is 50.2 Å². The molecule has 0 radical (unpaired) electrons. The Labute approximate surface area is 187 Å². The molecular weight excluding hydrogens is 402 g/mol. The van der Waals surface area contributed by atoms with Crippen molar-refractivity contribution in [2.45, 2.75) is 44.7 Å². The minimum Gasteiger partial charge on any atom is -0.324 e. The van der Waals surface area contributed by atoms with Crippen LogP contribution in [0.4, 0.5) is 5.69 Å². The largest absolute Gasteiger partial charge is 0.324 e. The van der Waals surface area contributed by atoms with E-state index in [4.69, 9.17) is 0 Å². The summed E-state index contributed by atoms with van der Waals surface area (Å²) >= 11 is 0. The smallest absolute Gasteiger partial charge is 0.250 e. The van der Waals surface area contributed by atoms with Crippen molar-refractivity contribution in [2.75, 3.05) is 18.4 Å². The van der Waals surface area contributed by atoms with E-state index in [9.17, 15) is 14.4 Å². The molecule has 4 atom stereocenters. The molecule has 3 saturated heterocycles. The van der Waals surface area contributed by atoms with Crippen molar-refractivity contribution in [1.82, 2.24) is 9.80 Å². The Bertz CT molecular complexity index is 1160. The quantitative estimate of drug-likeness (QED) is 0.762. The van der Waals surface area contributed by atoms with E-state index in [1.165, 1.54) is 4.90 Å². The summed E-state index contributed by atoms with van der Waals surface area (Å²) in [6.07, 6.45) is 2.41. The number of imide groups is 1. The van der Waals surface area contributed by atoms with Crippen LogP contribution in [-0.2, 0) is 26.3 Å². The molecule has 6 heteroatoms. The lowest BCUT2D eigenvalue weighted by Gasteiger charge is -2.36. The number of fused-ring (bicyclic) bond motifs is 7. The van der Waals surface area contributed by atoms with Gasteiger partial charge in [-0.25, -0.2) is 0 Å². The van der Waals surface area contributed by atoms with Crippen LogP contribution in [0.2, 0.25) is 0 Å². The lowest BCUT2D eigenvalue weighted by atomic mass is 9.75. The van der Waals surface area contributed by atoms with Crippen molar-refractivity contribution in [3.05, 3.63) is 64.7 Å². The van der Waals surface area contributed by atoms with Gasteiger partial charge in [-0.05, 0) is 50.8 Å². The maximum atomic E-state index is 13.8. The molecule has 3 amide bonds. The maximum Gasteiger partial charge on any atom is 0.250 e. The van der Waals surface area contributed by atoms with Gasteiger partial charge in [0.2, 0.25) is 17.7 Å². The molecule has 3 fully saturated rings. The molecule has 6 nitrogen and oxygen atoms in total. The summed E-state index contributed by atoms with van der Waals surface area (Å²) in [5.74, 6) is -1.54. The Morgan fingerprint density at radius 1 is 1.06 bits per heavy atom. The second-order valence-electron chi connectivity index (χ2n) is 9.70. The molecule has 164 valence electrons. The second-order valence-corrected chi connectivity index (χ2v) is 9.70. The van der Waals surface area contributed by atoms with Gasteiger partial charge in [0, 0.05) is 23.8 Å². The molecular formula is C26H27N3O3. The van der Waals surface area contributed by atoms with Gasteiger partial charge in [0.1, 0.15) is 5.54 Å². The summed E-state index contributed by atoms with van der Waals surface area (Å²) in [5.41, 5.74) is 3.78. The number of hydrogen-bond donors (Lipinski definition) is 1. The van der Waals surface area contributed by atoms with Crippen LogP contribution in [0, 0.1) is 25.7 Å². The number of nitrogens with zero attached hydrogens (tertiary/aromatic N) is 2. The van der Waals surface area contributed by atoms with E-state index >= 15 is 0 Å². The van der Waals surface area contributed by atoms with E-state index in [2.05, 4.69) is 16.3 Å². The van der Waals surface area contributed by atoms with Crippen LogP contribution in [0.5, 0.6) is 0 Å². The van der Waals surface area contributed by atoms with E-state index in [-0.39, 0.29) is 23.8 Å². The first kappa shape index (κ1) is 19.7. The molecule has 32 heavy (non-hydrogen) atoms. The van der Waals surface area contributed by atoms with Gasteiger partial charge >= 0.3 is 0 Å². The van der Waals surface area contributed by atoms with Crippen molar-refractivity contribution in [3.8, 4) is 0 Å². The Morgan fingerprint density at radius 3 is 2.62 bits per heavy atom. The van der Waals surface area contributed by atoms with Gasteiger partial charge in [-0.2, -0.15) is 0 Å². The number of nitrogens with one attached hydrogen (secondary N) is 1. The van der Waals surface area contributed by atoms with Gasteiger partial charge in [-0.15, -0.1) is 0 Å². The van der Waals surface area contributed by atoms with Crippen LogP contribution in [0.3, 0.4) is 0 Å². The molecule has 1 spiro atoms. The summed E-state index contributed by atoms with van der Waals surface area (Å²) in [6.45, 7) is 5.11. The zero-order chi connectivity index (χ0) is 22.2. The second kappa shape index (κ2) is 6.75. The van der Waals surface area contributed by atoms with Gasteiger partial charge in [-0.1, -0.05) is 48.0 Å². The summed E-state index contributed by atoms with van der Waals surface area (Å²) in [5, 5.41) is 3.10. The topological polar surface area (TPSA) is 69.7 Å². The minimum absolute atomic E-state index is 0.0595. The highest BCUT2D eigenvalue weighted by Crippen LogP contribution is 2.60. The lowest BCUT2D eigenvalue weighted by molar-refractivity contribution is -0.145. The molecule has 6 rings (SSSR count). The monoisotopic (exact) mass is 429 g/mol. The lowest BCUT2D eigenvalue weighted by Crippen LogP contribution is -2.54. The van der Waals surface area contributed by atoms with E-state index in [0.717, 1.165) is 47.3 Å². The third-order valence-corrected chi connectivity index (χ3v) is 8.00. The number of aryl methyl sites for hydroxylation is 2. The standard InChI is InChI=1S/C26H27N3O3/c1-15-13-16(2)22-18(14-15)26(25(32)27-22)21-20(19-9-6-11-29(19)26)23(30)28(24(21)31)12-10-17-7-4-3-5-8-17/h3-5,7-8,13-14,19-21H,6,9-12H2,1-2H3,(H,27,32). The first-order valence-corrected chi connectivity index (χ1v) is 11.5. The predicted octanol–water partition coefficient (Wildman–Crippen LogP) is 2.77. The van der Waals surface area contributed by atoms with Crippen molar-refractivity contribution in [2.24, 2.45) is 11.8 Å². The average Bonchev–Trinajstić information content (AvgIpc) is 3.47. The molecule has 4 aliphatic rings. The SMILES string of the molecule is Cc1cc(C)c2c(c1)C1(C(=O)N2)C2C(=O)N(CCc3ccccc3)C(=O)C2C2CCCN21. The molecule has 2 aromatic rings. The third-order valence-electron chi connectivity index (χ3n) is 8.00. The number of likely N-dealkylation sites (tertiary alicyclic amines) is 1. The predicted molar refractivity (Wildman–Crippen MR) is 120 cm³/mol. The Morgan fingerprint density at radius 2 is 1.84 bits per heavy atom. The first-order chi connectivity index (χ1) is 15.4. The number of hydrogen-bond acceptors (Lipinski definition) is 4. The number of anilines is 1. The highest BCUT2D eigenvalue weighted by atomic mass is 16.2. The van der Waals surface area contributed by atoms with E-state index in [0.29, 0.717) is 13.0 Å². The van der Waals surface area contributed by atoms with Gasteiger partial charge in [0.25, 0.3) is 0 Å². The zero-order valence-corrected chi connectivity index (χ0v) is 18.4. The van der Waals surface area contributed by atoms with Crippen LogP contribution in [0.25, 0.3) is 0 Å². The molecule has 4 unspecified atom stereocenters. The van der Waals surface area contributed by atoms with E-state index < -0.39 is 17.4 Å². The molecule has 0 saturated carbocycles. The minimum atomic E-state index is -1.08. The fourth-order valence-corrected chi connectivity index (χ4v) is 6.83. The first-order valence-electron chi connectivity index (χ1n) is 11.5. The highest BCUT2D eigenvalue weighted by Gasteiger charge is 2.74. The van der Waals surface area contributed by atoms with Crippen molar-refractivity contribution in [1.29, 1.82) is 0 Å². The fraction of sp³-hybridized carbons (Fsp3) is 0.423. The Hall–Kier alpha value is -2.99. The maximum absolute atomic E-state index is 13.8.